The number of benzene rings is 2. The van der Waals surface area contributed by atoms with Crippen molar-refractivity contribution in [1.29, 1.82) is 0 Å². The molecule has 168 valence electrons. The lowest BCUT2D eigenvalue weighted by Crippen LogP contribution is -2.33. The molecule has 1 N–H and O–H groups in total. The molecule has 1 heterocycles. The number of hydrogen-bond donors (Lipinski definition) is 1. The van der Waals surface area contributed by atoms with Gasteiger partial charge >= 0.3 is 0 Å². The van der Waals surface area contributed by atoms with Crippen molar-refractivity contribution in [2.45, 2.75) is 64.6 Å². The minimum atomic E-state index is -0.293. The zero-order chi connectivity index (χ0) is 22.5. The lowest BCUT2D eigenvalue weighted by molar-refractivity contribution is 0.102. The highest BCUT2D eigenvalue weighted by molar-refractivity contribution is 6.11. The van der Waals surface area contributed by atoms with Gasteiger partial charge < -0.3 is 5.32 Å². The molecule has 0 saturated heterocycles. The van der Waals surface area contributed by atoms with Crippen molar-refractivity contribution in [3.05, 3.63) is 70.1 Å². The molecule has 6 heteroatoms. The van der Waals surface area contributed by atoms with E-state index in [1.807, 2.05) is 37.3 Å². The number of anilines is 1. The second-order valence-corrected chi connectivity index (χ2v) is 8.74. The van der Waals surface area contributed by atoms with Gasteiger partial charge in [0.05, 0.1) is 5.39 Å². The van der Waals surface area contributed by atoms with Crippen molar-refractivity contribution >= 4 is 22.4 Å². The summed E-state index contributed by atoms with van der Waals surface area (Å²) < 4.78 is 1.40. The predicted molar refractivity (Wildman–Crippen MR) is 129 cm³/mol. The first kappa shape index (κ1) is 22.2. The Bertz CT molecular complexity index is 1150. The lowest BCUT2D eigenvalue weighted by Gasteiger charge is -2.31. The molecule has 1 aromatic heterocycles. The van der Waals surface area contributed by atoms with Crippen LogP contribution in [-0.2, 0) is 13.1 Å². The van der Waals surface area contributed by atoms with Gasteiger partial charge in [-0.1, -0.05) is 62.6 Å². The van der Waals surface area contributed by atoms with E-state index in [0.29, 0.717) is 23.4 Å². The molecule has 1 aliphatic carbocycles. The van der Waals surface area contributed by atoms with E-state index in [9.17, 15) is 9.59 Å². The van der Waals surface area contributed by atoms with Crippen molar-refractivity contribution in [3.8, 4) is 0 Å². The molecule has 32 heavy (non-hydrogen) atoms. The van der Waals surface area contributed by atoms with E-state index in [0.717, 1.165) is 24.2 Å². The SMILES string of the molecule is CCCn1nc(C(=O)Nc2ccccc2CN(C)C2CCCCC2)c2ccccc2c1=O. The number of fused-ring (bicyclic) bond motifs is 1. The number of para-hydroxylation sites is 1. The Labute approximate surface area is 189 Å². The van der Waals surface area contributed by atoms with Crippen LogP contribution in [-0.4, -0.2) is 33.7 Å². The summed E-state index contributed by atoms with van der Waals surface area (Å²) in [5.74, 6) is -0.293. The number of aryl methyl sites for hydroxylation is 1. The van der Waals surface area contributed by atoms with Crippen LogP contribution in [0, 0.1) is 0 Å². The highest BCUT2D eigenvalue weighted by Gasteiger charge is 2.21. The first-order valence-electron chi connectivity index (χ1n) is 11.7. The van der Waals surface area contributed by atoms with Gasteiger partial charge in [0, 0.05) is 30.2 Å². The fourth-order valence-corrected chi connectivity index (χ4v) is 4.65. The maximum atomic E-state index is 13.3. The summed E-state index contributed by atoms with van der Waals surface area (Å²) in [4.78, 5) is 28.5. The Morgan fingerprint density at radius 1 is 1.06 bits per heavy atom. The third-order valence-electron chi connectivity index (χ3n) is 6.40. The van der Waals surface area contributed by atoms with Crippen LogP contribution in [0.5, 0.6) is 0 Å². The number of amides is 1. The van der Waals surface area contributed by atoms with Crippen LogP contribution in [0.25, 0.3) is 10.8 Å². The van der Waals surface area contributed by atoms with Crippen molar-refractivity contribution < 1.29 is 4.79 Å². The predicted octanol–water partition coefficient (Wildman–Crippen LogP) is 4.82. The summed E-state index contributed by atoms with van der Waals surface area (Å²) in [5, 5.41) is 8.61. The standard InChI is InChI=1S/C26H32N4O2/c1-3-17-30-26(32)22-15-9-8-14-21(22)24(28-30)25(31)27-23-16-10-7-11-19(23)18-29(2)20-12-5-4-6-13-20/h7-11,14-16,20H,3-6,12-13,17-18H2,1-2H3,(H,27,31). The van der Waals surface area contributed by atoms with Crippen molar-refractivity contribution in [3.63, 3.8) is 0 Å². The van der Waals surface area contributed by atoms with Gasteiger partial charge in [-0.05, 0) is 44.0 Å². The highest BCUT2D eigenvalue weighted by atomic mass is 16.2. The smallest absolute Gasteiger partial charge is 0.276 e. The van der Waals surface area contributed by atoms with E-state index in [1.54, 1.807) is 12.1 Å². The zero-order valence-electron chi connectivity index (χ0n) is 19.0. The first-order chi connectivity index (χ1) is 15.6. The molecular formula is C26H32N4O2. The van der Waals surface area contributed by atoms with Crippen molar-refractivity contribution in [2.24, 2.45) is 0 Å². The monoisotopic (exact) mass is 432 g/mol. The van der Waals surface area contributed by atoms with Gasteiger partial charge in [-0.15, -0.1) is 0 Å². The quantitative estimate of drug-likeness (QED) is 0.581. The molecule has 1 fully saturated rings. The van der Waals surface area contributed by atoms with Gasteiger partial charge in [0.2, 0.25) is 0 Å². The first-order valence-corrected chi connectivity index (χ1v) is 11.7. The number of nitrogens with zero attached hydrogens (tertiary/aromatic N) is 3. The summed E-state index contributed by atoms with van der Waals surface area (Å²) >= 11 is 0. The van der Waals surface area contributed by atoms with Gasteiger partial charge in [0.15, 0.2) is 5.69 Å². The fraction of sp³-hybridized carbons (Fsp3) is 0.423. The number of nitrogens with one attached hydrogen (secondary N) is 1. The Morgan fingerprint density at radius 3 is 2.50 bits per heavy atom. The Morgan fingerprint density at radius 2 is 1.75 bits per heavy atom. The summed E-state index contributed by atoms with van der Waals surface area (Å²) in [7, 11) is 2.17. The Kier molecular flexibility index (Phi) is 7.00. The van der Waals surface area contributed by atoms with Crippen molar-refractivity contribution in [1.82, 2.24) is 14.7 Å². The van der Waals surface area contributed by atoms with Gasteiger partial charge in [-0.25, -0.2) is 4.68 Å². The molecule has 1 saturated carbocycles. The molecule has 4 rings (SSSR count). The van der Waals surface area contributed by atoms with Crippen LogP contribution in [0.1, 0.15) is 61.5 Å². The van der Waals surface area contributed by atoms with E-state index < -0.39 is 0 Å². The van der Waals surface area contributed by atoms with E-state index >= 15 is 0 Å². The summed E-state index contributed by atoms with van der Waals surface area (Å²) in [6, 6.07) is 15.7. The number of carbonyl (C=O) groups is 1. The van der Waals surface area contributed by atoms with E-state index in [-0.39, 0.29) is 17.2 Å². The second kappa shape index (κ2) is 10.1. The molecular weight excluding hydrogens is 400 g/mol. The molecule has 0 spiro atoms. The number of aromatic nitrogens is 2. The van der Waals surface area contributed by atoms with E-state index in [2.05, 4.69) is 28.4 Å². The molecule has 0 atom stereocenters. The van der Waals surface area contributed by atoms with Gasteiger partial charge in [-0.2, -0.15) is 5.10 Å². The maximum Gasteiger partial charge on any atom is 0.276 e. The molecule has 2 aromatic carbocycles. The third kappa shape index (κ3) is 4.75. The minimum Gasteiger partial charge on any atom is -0.320 e. The van der Waals surface area contributed by atoms with Crippen LogP contribution in [0.4, 0.5) is 5.69 Å². The molecule has 0 bridgehead atoms. The minimum absolute atomic E-state index is 0.159. The molecule has 0 aliphatic heterocycles. The molecule has 0 radical (unpaired) electrons. The summed E-state index contributed by atoms with van der Waals surface area (Å²) in [6.45, 7) is 3.25. The largest absolute Gasteiger partial charge is 0.320 e. The van der Waals surface area contributed by atoms with E-state index in [4.69, 9.17) is 0 Å². The van der Waals surface area contributed by atoms with E-state index in [1.165, 1.54) is 36.8 Å². The molecule has 1 amide bonds. The summed E-state index contributed by atoms with van der Waals surface area (Å²) in [6.07, 6.45) is 7.15. The average Bonchev–Trinajstić information content (AvgIpc) is 2.82. The molecule has 6 nitrogen and oxygen atoms in total. The fourth-order valence-electron chi connectivity index (χ4n) is 4.65. The van der Waals surface area contributed by atoms with Crippen LogP contribution in [0.3, 0.4) is 0 Å². The molecule has 0 unspecified atom stereocenters. The molecule has 1 aliphatic rings. The second-order valence-electron chi connectivity index (χ2n) is 8.74. The van der Waals surface area contributed by atoms with Crippen LogP contribution >= 0.6 is 0 Å². The highest BCUT2D eigenvalue weighted by Crippen LogP contribution is 2.25. The van der Waals surface area contributed by atoms with Gasteiger partial charge in [0.1, 0.15) is 0 Å². The zero-order valence-corrected chi connectivity index (χ0v) is 19.0. The lowest BCUT2D eigenvalue weighted by atomic mass is 9.94. The van der Waals surface area contributed by atoms with Crippen LogP contribution < -0.4 is 10.9 Å². The number of rotatable bonds is 7. The van der Waals surface area contributed by atoms with Gasteiger partial charge in [0.25, 0.3) is 11.5 Å². The number of carbonyl (C=O) groups excluding carboxylic acids is 1. The number of hydrogen-bond acceptors (Lipinski definition) is 4. The third-order valence-corrected chi connectivity index (χ3v) is 6.40. The van der Waals surface area contributed by atoms with Crippen LogP contribution in [0.2, 0.25) is 0 Å². The Hall–Kier alpha value is -2.99. The topological polar surface area (TPSA) is 67.2 Å². The molecule has 3 aromatic rings. The summed E-state index contributed by atoms with van der Waals surface area (Å²) in [5.41, 5.74) is 2.00. The van der Waals surface area contributed by atoms with Gasteiger partial charge in [-0.3, -0.25) is 14.5 Å². The normalized spacial score (nSPS) is 14.7. The van der Waals surface area contributed by atoms with Crippen LogP contribution in [0.15, 0.2) is 53.3 Å². The average molecular weight is 433 g/mol. The maximum absolute atomic E-state index is 13.3. The Balaban J connectivity index is 1.62. The van der Waals surface area contributed by atoms with Crippen molar-refractivity contribution in [2.75, 3.05) is 12.4 Å².